The van der Waals surface area contributed by atoms with Crippen LogP contribution in [0, 0.1) is 0 Å². The van der Waals surface area contributed by atoms with Crippen molar-refractivity contribution in [3.63, 3.8) is 0 Å². The molecule has 15 heteroatoms. The molecule has 0 radical (unpaired) electrons. The van der Waals surface area contributed by atoms with Crippen molar-refractivity contribution in [2.75, 3.05) is 24.7 Å². The number of hydrogen-bond donors (Lipinski definition) is 10. The molecule has 0 aliphatic heterocycles. The van der Waals surface area contributed by atoms with Gasteiger partial charge in [0.2, 0.25) is 11.8 Å². The van der Waals surface area contributed by atoms with E-state index in [4.69, 9.17) is 20.4 Å². The van der Waals surface area contributed by atoms with Crippen molar-refractivity contribution >= 4 is 36.0 Å². The fourth-order valence-corrected chi connectivity index (χ4v) is 2.63. The van der Waals surface area contributed by atoms with Crippen LogP contribution in [0.2, 0.25) is 0 Å². The highest BCUT2D eigenvalue weighted by Crippen LogP contribution is 2.04. The zero-order valence-electron chi connectivity index (χ0n) is 16.6. The van der Waals surface area contributed by atoms with Gasteiger partial charge >= 0.3 is 0 Å². The van der Waals surface area contributed by atoms with Crippen LogP contribution in [0.25, 0.3) is 0 Å². The number of rotatable bonds is 16. The summed E-state index contributed by atoms with van der Waals surface area (Å²) in [6, 6.07) is 0. The molecule has 0 saturated carbocycles. The normalized spacial score (nSPS) is 17.8. The Morgan fingerprint density at radius 1 is 0.742 bits per heavy atom. The Kier molecular flexibility index (Phi) is 16.0. The fourth-order valence-electron chi connectivity index (χ4n) is 1.76. The van der Waals surface area contributed by atoms with E-state index in [1.54, 1.807) is 0 Å². The van der Waals surface area contributed by atoms with Crippen LogP contribution in [-0.2, 0) is 9.59 Å². The number of hydrogen-bond acceptors (Lipinski definition) is 13. The van der Waals surface area contributed by atoms with Gasteiger partial charge in [-0.25, -0.2) is 10.9 Å². The Morgan fingerprint density at radius 2 is 1.10 bits per heavy atom. The first-order valence-electron chi connectivity index (χ1n) is 9.15. The van der Waals surface area contributed by atoms with Crippen molar-refractivity contribution in [2.24, 2.45) is 10.2 Å². The van der Waals surface area contributed by atoms with Gasteiger partial charge < -0.3 is 40.9 Å². The molecular weight excluding hydrogens is 440 g/mol. The predicted octanol–water partition coefficient (Wildman–Crippen LogP) is -5.15. The van der Waals surface area contributed by atoms with Gasteiger partial charge in [-0.15, -0.1) is 0 Å². The zero-order valence-corrected chi connectivity index (χ0v) is 17.4. The van der Waals surface area contributed by atoms with Crippen LogP contribution in [0.3, 0.4) is 0 Å². The number of aliphatic hydroxyl groups is 8. The van der Waals surface area contributed by atoms with Gasteiger partial charge in [0.1, 0.15) is 36.6 Å². The lowest BCUT2D eigenvalue weighted by molar-refractivity contribution is -0.121. The molecule has 0 fully saturated rings. The molecule has 0 aromatic heterocycles. The zero-order chi connectivity index (χ0) is 23.8. The fraction of sp³-hybridized carbons (Fsp3) is 0.750. The maximum atomic E-state index is 11.6. The summed E-state index contributed by atoms with van der Waals surface area (Å²) in [6.07, 6.45) is -7.86. The third kappa shape index (κ3) is 13.4. The van der Waals surface area contributed by atoms with Gasteiger partial charge in [-0.2, -0.15) is 22.0 Å². The van der Waals surface area contributed by atoms with Crippen LogP contribution < -0.4 is 10.9 Å². The van der Waals surface area contributed by atoms with Crippen molar-refractivity contribution < 1.29 is 50.4 Å². The van der Waals surface area contributed by atoms with Crippen LogP contribution in [0.4, 0.5) is 0 Å². The van der Waals surface area contributed by atoms with Crippen LogP contribution >= 0.6 is 11.8 Å². The van der Waals surface area contributed by atoms with E-state index in [1.807, 2.05) is 0 Å². The average Bonchev–Trinajstić information content (AvgIpc) is 2.76. The van der Waals surface area contributed by atoms with Crippen LogP contribution in [-0.4, -0.2) is 126 Å². The molecule has 0 spiro atoms. The number of hydrazone groups is 2. The van der Waals surface area contributed by atoms with E-state index in [-0.39, 0.29) is 12.8 Å². The van der Waals surface area contributed by atoms with Crippen molar-refractivity contribution in [1.29, 1.82) is 0 Å². The molecule has 0 bridgehead atoms. The molecule has 0 aliphatic carbocycles. The number of carbonyl (C=O) groups is 2. The van der Waals surface area contributed by atoms with Gasteiger partial charge in [0.25, 0.3) is 0 Å². The number of nitrogens with zero attached hydrogens (tertiary/aromatic N) is 2. The second-order valence-corrected chi connectivity index (χ2v) is 7.43. The maximum Gasteiger partial charge on any atom is 0.240 e. The van der Waals surface area contributed by atoms with Gasteiger partial charge in [-0.3, -0.25) is 9.59 Å². The summed E-state index contributed by atoms with van der Waals surface area (Å²) in [5, 5.41) is 80.1. The first kappa shape index (κ1) is 29.3. The van der Waals surface area contributed by atoms with Crippen molar-refractivity contribution in [3.05, 3.63) is 0 Å². The predicted molar refractivity (Wildman–Crippen MR) is 110 cm³/mol. The summed E-state index contributed by atoms with van der Waals surface area (Å²) in [5.41, 5.74) is 4.22. The second-order valence-electron chi connectivity index (χ2n) is 6.20. The van der Waals surface area contributed by atoms with E-state index in [1.165, 1.54) is 11.8 Å². The molecule has 0 rings (SSSR count). The molecule has 14 nitrogen and oxygen atoms in total. The lowest BCUT2D eigenvalue weighted by Gasteiger charge is -2.17. The minimum Gasteiger partial charge on any atom is -0.394 e. The number of nitrogens with one attached hydrogen (secondary N) is 2. The van der Waals surface area contributed by atoms with E-state index in [0.29, 0.717) is 11.5 Å². The molecule has 0 aromatic rings. The molecule has 2 amide bonds. The molecule has 180 valence electrons. The van der Waals surface area contributed by atoms with Crippen LogP contribution in [0.15, 0.2) is 10.2 Å². The summed E-state index contributed by atoms with van der Waals surface area (Å²) in [6.45, 7) is -1.50. The molecule has 0 aromatic carbocycles. The van der Waals surface area contributed by atoms with E-state index in [0.717, 1.165) is 12.4 Å². The molecule has 0 saturated heterocycles. The van der Waals surface area contributed by atoms with Crippen LogP contribution in [0.1, 0.15) is 12.8 Å². The van der Waals surface area contributed by atoms with Crippen molar-refractivity contribution in [3.8, 4) is 0 Å². The number of thioether (sulfide) groups is 1. The SMILES string of the molecule is O=C(CCSCCC(=O)N/N=C/[C@H](O)[C@H](O)[C@H](O)CO)N/N=C\[C@H](O)[C@H](O)[C@H](O)CO. The molecule has 0 heterocycles. The van der Waals surface area contributed by atoms with Crippen molar-refractivity contribution in [1.82, 2.24) is 10.9 Å². The highest BCUT2D eigenvalue weighted by Gasteiger charge is 2.23. The minimum atomic E-state index is -1.66. The third-order valence-corrected chi connectivity index (χ3v) is 4.63. The molecular formula is C16H30N4O10S. The Morgan fingerprint density at radius 3 is 1.42 bits per heavy atom. The Hall–Kier alpha value is -1.69. The average molecular weight is 471 g/mol. The smallest absolute Gasteiger partial charge is 0.240 e. The third-order valence-electron chi connectivity index (χ3n) is 3.64. The van der Waals surface area contributed by atoms with Gasteiger partial charge in [0, 0.05) is 24.3 Å². The minimum absolute atomic E-state index is 0.0525. The number of amides is 2. The molecule has 31 heavy (non-hydrogen) atoms. The summed E-state index contributed by atoms with van der Waals surface area (Å²) in [5.74, 6) is -0.258. The first-order chi connectivity index (χ1) is 14.6. The Balaban J connectivity index is 3.94. The Bertz CT molecular complexity index is 535. The summed E-state index contributed by atoms with van der Waals surface area (Å²) in [4.78, 5) is 23.1. The lowest BCUT2D eigenvalue weighted by Crippen LogP contribution is -2.40. The van der Waals surface area contributed by atoms with E-state index < -0.39 is 61.7 Å². The first-order valence-corrected chi connectivity index (χ1v) is 10.3. The van der Waals surface area contributed by atoms with Crippen molar-refractivity contribution in [2.45, 2.75) is 49.5 Å². The highest BCUT2D eigenvalue weighted by atomic mass is 32.2. The van der Waals surface area contributed by atoms with Gasteiger partial charge in [0.05, 0.1) is 25.6 Å². The quantitative estimate of drug-likeness (QED) is 0.0580. The topological polar surface area (TPSA) is 245 Å². The lowest BCUT2D eigenvalue weighted by atomic mass is 10.1. The van der Waals surface area contributed by atoms with Gasteiger partial charge in [-0.05, 0) is 0 Å². The summed E-state index contributed by atoms with van der Waals surface area (Å²) >= 11 is 1.29. The van der Waals surface area contributed by atoms with E-state index >= 15 is 0 Å². The monoisotopic (exact) mass is 470 g/mol. The van der Waals surface area contributed by atoms with Gasteiger partial charge in [0.15, 0.2) is 0 Å². The molecule has 10 N–H and O–H groups in total. The molecule has 6 atom stereocenters. The number of carbonyl (C=O) groups excluding carboxylic acids is 2. The largest absolute Gasteiger partial charge is 0.394 e. The van der Waals surface area contributed by atoms with Gasteiger partial charge in [-0.1, -0.05) is 0 Å². The highest BCUT2D eigenvalue weighted by molar-refractivity contribution is 7.99. The standard InChI is InChI=1S/C16H30N4O10S/c21-7-11(25)15(29)9(23)5-17-19-13(27)1-3-31-4-2-14(28)20-18-6-10(24)16(30)12(26)8-22/h5-6,9-12,15-16,21-26,29-30H,1-4,7-8H2,(H,19,27)(H,20,28)/b17-5-,18-6+/t9-,10-,11+,12+,15-,16-/m0/s1. The Labute approximate surface area is 182 Å². The van der Waals surface area contributed by atoms with E-state index in [9.17, 15) is 30.0 Å². The molecule has 0 aliphatic rings. The number of aliphatic hydroxyl groups excluding tert-OH is 8. The van der Waals surface area contributed by atoms with Crippen LogP contribution in [0.5, 0.6) is 0 Å². The summed E-state index contributed by atoms with van der Waals surface area (Å²) in [7, 11) is 0. The maximum absolute atomic E-state index is 11.6. The second kappa shape index (κ2) is 16.9. The summed E-state index contributed by atoms with van der Waals surface area (Å²) < 4.78 is 0. The van der Waals surface area contributed by atoms with E-state index in [2.05, 4.69) is 21.1 Å². The molecule has 0 unspecified atom stereocenters.